The van der Waals surface area contributed by atoms with Crippen LogP contribution < -0.4 is 4.72 Å². The second kappa shape index (κ2) is 11.0. The number of rotatable bonds is 8. The third-order valence-electron chi connectivity index (χ3n) is 6.93. The van der Waals surface area contributed by atoms with Crippen molar-refractivity contribution in [2.45, 2.75) is 54.8 Å². The molecule has 10 nitrogen and oxygen atoms in total. The van der Waals surface area contributed by atoms with Crippen LogP contribution in [0.25, 0.3) is 10.0 Å². The van der Waals surface area contributed by atoms with Gasteiger partial charge in [-0.05, 0) is 51.6 Å². The Bertz CT molecular complexity index is 1210. The van der Waals surface area contributed by atoms with Crippen molar-refractivity contribution in [2.75, 3.05) is 39.3 Å². The van der Waals surface area contributed by atoms with Crippen LogP contribution in [-0.4, -0.2) is 96.3 Å². The van der Waals surface area contributed by atoms with Crippen molar-refractivity contribution in [3.8, 4) is 10.0 Å². The molecule has 0 aliphatic carbocycles. The fraction of sp³-hybridized carbons (Fsp3) is 0.636. The number of likely N-dealkylation sites (tertiary alicyclic amines) is 3. The summed E-state index contributed by atoms with van der Waals surface area (Å²) >= 11 is 8.11. The van der Waals surface area contributed by atoms with Crippen LogP contribution in [-0.2, 0) is 19.6 Å². The molecule has 3 aliphatic rings. The Morgan fingerprint density at radius 2 is 1.75 bits per heavy atom. The monoisotopic (exact) mass is 572 g/mol. The summed E-state index contributed by atoms with van der Waals surface area (Å²) in [5.74, 6) is -0.410. The van der Waals surface area contributed by atoms with Gasteiger partial charge in [0.2, 0.25) is 11.8 Å². The average molecular weight is 573 g/mol. The molecular formula is C22H29ClN6O4S3. The van der Waals surface area contributed by atoms with Crippen LogP contribution in [0.3, 0.4) is 0 Å². The number of amides is 2. The van der Waals surface area contributed by atoms with Crippen molar-refractivity contribution in [1.82, 2.24) is 29.4 Å². The van der Waals surface area contributed by atoms with E-state index >= 15 is 0 Å². The molecule has 14 heteroatoms. The van der Waals surface area contributed by atoms with Gasteiger partial charge in [-0.3, -0.25) is 9.59 Å². The molecule has 2 aromatic rings. The lowest BCUT2D eigenvalue weighted by molar-refractivity contribution is -0.143. The number of piperidine rings is 1. The summed E-state index contributed by atoms with van der Waals surface area (Å²) in [4.78, 5) is 40.4. The van der Waals surface area contributed by atoms with Gasteiger partial charge in [0.25, 0.3) is 10.0 Å². The molecular weight excluding hydrogens is 544 g/mol. The van der Waals surface area contributed by atoms with Gasteiger partial charge < -0.3 is 14.7 Å². The lowest BCUT2D eigenvalue weighted by Gasteiger charge is -2.34. The van der Waals surface area contributed by atoms with E-state index in [2.05, 4.69) is 19.6 Å². The van der Waals surface area contributed by atoms with Crippen molar-refractivity contribution in [3.05, 3.63) is 16.7 Å². The highest BCUT2D eigenvalue weighted by molar-refractivity contribution is 7.91. The number of thiazole rings is 2. The lowest BCUT2D eigenvalue weighted by atomic mass is 10.1. The Hall–Kier alpha value is -1.64. The van der Waals surface area contributed by atoms with Crippen LogP contribution in [0.2, 0.25) is 4.34 Å². The molecule has 3 fully saturated rings. The zero-order valence-electron chi connectivity index (χ0n) is 19.8. The van der Waals surface area contributed by atoms with E-state index < -0.39 is 16.1 Å². The van der Waals surface area contributed by atoms with Crippen molar-refractivity contribution in [2.24, 2.45) is 0 Å². The zero-order valence-corrected chi connectivity index (χ0v) is 23.0. The quantitative estimate of drug-likeness (QED) is 0.516. The van der Waals surface area contributed by atoms with E-state index in [4.69, 9.17) is 11.6 Å². The van der Waals surface area contributed by atoms with E-state index in [1.165, 1.54) is 41.5 Å². The summed E-state index contributed by atoms with van der Waals surface area (Å²) in [6, 6.07) is -0.714. The third kappa shape index (κ3) is 5.76. The Balaban J connectivity index is 1.20. The highest BCUT2D eigenvalue weighted by Gasteiger charge is 2.37. The van der Waals surface area contributed by atoms with Crippen LogP contribution in [0.15, 0.2) is 16.6 Å². The average Bonchev–Trinajstić information content (AvgIpc) is 3.64. The summed E-state index contributed by atoms with van der Waals surface area (Å²) in [7, 11) is -3.96. The molecule has 0 spiro atoms. The fourth-order valence-electron chi connectivity index (χ4n) is 5.16. The Morgan fingerprint density at radius 1 is 1.03 bits per heavy atom. The van der Waals surface area contributed by atoms with Gasteiger partial charge in [0.05, 0.1) is 18.9 Å². The number of carbonyl (C=O) groups is 2. The van der Waals surface area contributed by atoms with E-state index in [0.717, 1.165) is 43.8 Å². The molecule has 0 saturated carbocycles. The predicted octanol–water partition coefficient (Wildman–Crippen LogP) is 2.28. The number of aromatic nitrogens is 2. The van der Waals surface area contributed by atoms with Crippen molar-refractivity contribution < 1.29 is 18.0 Å². The van der Waals surface area contributed by atoms with E-state index in [1.807, 2.05) is 4.90 Å². The molecule has 3 aliphatic heterocycles. The van der Waals surface area contributed by atoms with Gasteiger partial charge >= 0.3 is 0 Å². The normalized spacial score (nSPS) is 23.6. The first kappa shape index (κ1) is 26.0. The minimum Gasteiger partial charge on any atom is -0.337 e. The first-order valence-electron chi connectivity index (χ1n) is 12.2. The number of carbonyl (C=O) groups excluding carboxylic acids is 2. The highest BCUT2D eigenvalue weighted by atomic mass is 35.5. The third-order valence-corrected chi connectivity index (χ3v) is 11.1. The molecule has 2 atom stereocenters. The highest BCUT2D eigenvalue weighted by Crippen LogP contribution is 2.33. The van der Waals surface area contributed by atoms with E-state index in [9.17, 15) is 18.0 Å². The molecule has 5 heterocycles. The van der Waals surface area contributed by atoms with Gasteiger partial charge in [-0.15, -0.1) is 0 Å². The van der Waals surface area contributed by atoms with Crippen molar-refractivity contribution >= 4 is 56.1 Å². The second-order valence-electron chi connectivity index (χ2n) is 9.42. The summed E-state index contributed by atoms with van der Waals surface area (Å²) < 4.78 is 29.0. The number of sulfonamides is 1. The Labute approximate surface area is 223 Å². The summed E-state index contributed by atoms with van der Waals surface area (Å²) in [5, 5.41) is 0.985. The van der Waals surface area contributed by atoms with Crippen LogP contribution in [0.4, 0.5) is 0 Å². The van der Waals surface area contributed by atoms with Gasteiger partial charge in [0, 0.05) is 25.7 Å². The molecule has 2 aromatic heterocycles. The van der Waals surface area contributed by atoms with E-state index in [1.54, 1.807) is 0 Å². The molecule has 36 heavy (non-hydrogen) atoms. The largest absolute Gasteiger partial charge is 0.337 e. The topological polar surface area (TPSA) is 116 Å². The first-order valence-corrected chi connectivity index (χ1v) is 15.7. The molecule has 0 bridgehead atoms. The minimum absolute atomic E-state index is 0.00615. The smallest absolute Gasteiger partial charge is 0.252 e. The predicted molar refractivity (Wildman–Crippen MR) is 139 cm³/mol. The minimum atomic E-state index is -3.96. The fourth-order valence-corrected chi connectivity index (χ4v) is 8.47. The zero-order chi connectivity index (χ0) is 25.3. The van der Waals surface area contributed by atoms with E-state index in [0.29, 0.717) is 40.3 Å². The lowest BCUT2D eigenvalue weighted by Crippen LogP contribution is -2.55. The molecule has 0 aromatic carbocycles. The van der Waals surface area contributed by atoms with Crippen molar-refractivity contribution in [3.63, 3.8) is 0 Å². The standard InChI is InChI=1S/C22H29ClN6O4S3/c23-17-11-24-20(34-17)21-25-12-19(35-21)36(32,33)26-16-6-4-9-28(22(16)31)14-18(30)29-10-3-5-15(29)13-27-7-1-2-8-27/h11-12,15-16,26H,1-10,13-14H2. The molecule has 0 radical (unpaired) electrons. The van der Waals surface area contributed by atoms with E-state index in [-0.39, 0.29) is 28.6 Å². The molecule has 196 valence electrons. The molecule has 5 rings (SSSR count). The maximum atomic E-state index is 13.2. The molecule has 3 saturated heterocycles. The van der Waals surface area contributed by atoms with Crippen LogP contribution in [0, 0.1) is 0 Å². The summed E-state index contributed by atoms with van der Waals surface area (Å²) in [5.41, 5.74) is 0. The molecule has 2 unspecified atom stereocenters. The maximum absolute atomic E-state index is 13.2. The molecule has 1 N–H and O–H groups in total. The maximum Gasteiger partial charge on any atom is 0.252 e. The first-order chi connectivity index (χ1) is 17.3. The van der Waals surface area contributed by atoms with Crippen LogP contribution in [0.5, 0.6) is 0 Å². The number of nitrogens with one attached hydrogen (secondary N) is 1. The SMILES string of the molecule is O=C1C(NS(=O)(=O)c2cnc(-c3ncc(Cl)s3)s2)CCCN1CC(=O)N1CCCC1CN1CCCC1. The van der Waals surface area contributed by atoms with Gasteiger partial charge in [-0.1, -0.05) is 34.3 Å². The number of hydrogen-bond acceptors (Lipinski definition) is 9. The van der Waals surface area contributed by atoms with Gasteiger partial charge in [0.1, 0.15) is 10.4 Å². The summed E-state index contributed by atoms with van der Waals surface area (Å²) in [6.45, 7) is 4.22. The summed E-state index contributed by atoms with van der Waals surface area (Å²) in [6.07, 6.45) is 8.15. The van der Waals surface area contributed by atoms with Gasteiger partial charge in [-0.2, -0.15) is 4.72 Å². The Morgan fingerprint density at radius 3 is 2.50 bits per heavy atom. The number of halogens is 1. The number of hydrogen-bond donors (Lipinski definition) is 1. The van der Waals surface area contributed by atoms with Gasteiger partial charge in [-0.25, -0.2) is 18.4 Å². The second-order valence-corrected chi connectivity index (χ2v) is 14.1. The van der Waals surface area contributed by atoms with Gasteiger partial charge in [0.15, 0.2) is 14.2 Å². The Kier molecular flexibility index (Phi) is 7.94. The van der Waals surface area contributed by atoms with Crippen molar-refractivity contribution in [1.29, 1.82) is 0 Å². The molecule has 2 amide bonds. The van der Waals surface area contributed by atoms with Crippen LogP contribution in [0.1, 0.15) is 38.5 Å². The van der Waals surface area contributed by atoms with Crippen LogP contribution >= 0.6 is 34.3 Å². The number of nitrogens with zero attached hydrogens (tertiary/aromatic N) is 5.